The molecule has 11 heteroatoms. The monoisotopic (exact) mass is 417 g/mol. The second-order valence-corrected chi connectivity index (χ2v) is 6.35. The molecule has 1 aromatic carbocycles. The van der Waals surface area contributed by atoms with Crippen molar-refractivity contribution >= 4 is 29.2 Å². The summed E-state index contributed by atoms with van der Waals surface area (Å²) in [6.07, 6.45) is -3.56. The summed E-state index contributed by atoms with van der Waals surface area (Å²) in [4.78, 5) is 29.4. The van der Waals surface area contributed by atoms with E-state index >= 15 is 0 Å². The number of pyridine rings is 1. The topological polar surface area (TPSA) is 85.5 Å². The molecule has 0 fully saturated rings. The van der Waals surface area contributed by atoms with Crippen LogP contribution < -0.4 is 10.6 Å². The van der Waals surface area contributed by atoms with E-state index in [4.69, 9.17) is 22.1 Å². The summed E-state index contributed by atoms with van der Waals surface area (Å²) in [5.41, 5.74) is 2.49. The summed E-state index contributed by atoms with van der Waals surface area (Å²) in [5.74, 6) is -2.81. The first-order valence-corrected chi connectivity index (χ1v) is 8.16. The molecule has 0 spiro atoms. The molecule has 1 aliphatic heterocycles. The molecule has 1 atom stereocenters. The average Bonchev–Trinajstić information content (AvgIpc) is 2.84. The minimum Gasteiger partial charge on any atom is -0.368 e. The van der Waals surface area contributed by atoms with Crippen LogP contribution in [0.4, 0.5) is 23.4 Å². The number of nitrogens with two attached hydrogens (primary N) is 1. The Kier molecular flexibility index (Phi) is 5.02. The molecule has 1 aliphatic rings. The first-order valence-electron chi connectivity index (χ1n) is 7.78. The highest BCUT2D eigenvalue weighted by Crippen LogP contribution is 2.49. The molecule has 2 N–H and O–H groups in total. The molecular formula is C17H12ClF4N3O3. The molecule has 2 heterocycles. The highest BCUT2D eigenvalue weighted by Gasteiger charge is 2.57. The Morgan fingerprint density at radius 1 is 1.25 bits per heavy atom. The van der Waals surface area contributed by atoms with Crippen molar-refractivity contribution < 1.29 is 31.9 Å². The zero-order valence-electron chi connectivity index (χ0n) is 14.0. The minimum absolute atomic E-state index is 0.105. The Labute approximate surface area is 160 Å². The van der Waals surface area contributed by atoms with Crippen molar-refractivity contribution in [3.05, 3.63) is 58.5 Å². The van der Waals surface area contributed by atoms with Crippen molar-refractivity contribution in [1.29, 1.82) is 0 Å². The third-order valence-electron chi connectivity index (χ3n) is 4.05. The SMILES string of the molecule is NC(=O)CN1C(=O)C(OCC(F)(F)F)(c2ccc(F)cc2)c2c(Cl)ccnc21. The van der Waals surface area contributed by atoms with Crippen molar-refractivity contribution in [2.45, 2.75) is 11.8 Å². The van der Waals surface area contributed by atoms with Gasteiger partial charge in [0.1, 0.15) is 24.8 Å². The molecule has 2 amide bonds. The van der Waals surface area contributed by atoms with Crippen LogP contribution in [0.1, 0.15) is 11.1 Å². The molecule has 28 heavy (non-hydrogen) atoms. The summed E-state index contributed by atoms with van der Waals surface area (Å²) in [6.45, 7) is -2.46. The molecule has 0 radical (unpaired) electrons. The van der Waals surface area contributed by atoms with Gasteiger partial charge in [0.15, 0.2) is 0 Å². The van der Waals surface area contributed by atoms with Gasteiger partial charge >= 0.3 is 6.18 Å². The number of anilines is 1. The van der Waals surface area contributed by atoms with Crippen molar-refractivity contribution in [2.24, 2.45) is 5.73 Å². The predicted molar refractivity (Wildman–Crippen MR) is 90.0 cm³/mol. The summed E-state index contributed by atoms with van der Waals surface area (Å²) in [6, 6.07) is 5.38. The standard InChI is InChI=1S/C17H12ClF4N3O3/c18-11-5-6-24-14-13(11)17(28-8-16(20,21)22,9-1-3-10(19)4-2-9)15(27)25(14)7-12(23)26/h1-6H,7-8H2,(H2,23,26). The van der Waals surface area contributed by atoms with E-state index in [1.165, 1.54) is 12.3 Å². The lowest BCUT2D eigenvalue weighted by molar-refractivity contribution is -0.200. The Balaban J connectivity index is 2.27. The van der Waals surface area contributed by atoms with E-state index in [1.807, 2.05) is 0 Å². The van der Waals surface area contributed by atoms with Crippen LogP contribution in [0.15, 0.2) is 36.5 Å². The van der Waals surface area contributed by atoms with Gasteiger partial charge in [-0.25, -0.2) is 9.37 Å². The van der Waals surface area contributed by atoms with Crippen LogP contribution in [0.3, 0.4) is 0 Å². The number of aromatic nitrogens is 1. The van der Waals surface area contributed by atoms with Gasteiger partial charge in [0, 0.05) is 6.20 Å². The molecule has 148 valence electrons. The second-order valence-electron chi connectivity index (χ2n) is 5.94. The van der Waals surface area contributed by atoms with Gasteiger partial charge in [-0.05, 0) is 23.8 Å². The van der Waals surface area contributed by atoms with Crippen LogP contribution in [-0.4, -0.2) is 36.1 Å². The van der Waals surface area contributed by atoms with Gasteiger partial charge in [0.2, 0.25) is 11.5 Å². The van der Waals surface area contributed by atoms with E-state index in [0.717, 1.165) is 29.2 Å². The van der Waals surface area contributed by atoms with E-state index in [1.54, 1.807) is 0 Å². The third-order valence-corrected chi connectivity index (χ3v) is 4.37. The maximum atomic E-state index is 13.4. The van der Waals surface area contributed by atoms with Gasteiger partial charge < -0.3 is 10.5 Å². The largest absolute Gasteiger partial charge is 0.411 e. The summed E-state index contributed by atoms with van der Waals surface area (Å²) in [7, 11) is 0. The first-order chi connectivity index (χ1) is 13.1. The molecule has 2 aromatic rings. The third kappa shape index (κ3) is 3.40. The number of nitrogens with zero attached hydrogens (tertiary/aromatic N) is 2. The number of hydrogen-bond acceptors (Lipinski definition) is 4. The lowest BCUT2D eigenvalue weighted by Crippen LogP contribution is -2.47. The van der Waals surface area contributed by atoms with Crippen LogP contribution in [0.25, 0.3) is 0 Å². The first kappa shape index (κ1) is 20.0. The van der Waals surface area contributed by atoms with E-state index in [0.29, 0.717) is 0 Å². The number of benzene rings is 1. The van der Waals surface area contributed by atoms with Crippen molar-refractivity contribution in [3.8, 4) is 0 Å². The van der Waals surface area contributed by atoms with E-state index in [-0.39, 0.29) is 22.0 Å². The highest BCUT2D eigenvalue weighted by atomic mass is 35.5. The Morgan fingerprint density at radius 3 is 2.46 bits per heavy atom. The fraction of sp³-hybridized carbons (Fsp3) is 0.235. The lowest BCUT2D eigenvalue weighted by atomic mass is 9.87. The summed E-state index contributed by atoms with van der Waals surface area (Å²) < 4.78 is 57.3. The predicted octanol–water partition coefficient (Wildman–Crippen LogP) is 2.53. The molecular weight excluding hydrogens is 406 g/mol. The number of halogens is 5. The van der Waals surface area contributed by atoms with Gasteiger partial charge in [0.25, 0.3) is 5.91 Å². The maximum absolute atomic E-state index is 13.4. The van der Waals surface area contributed by atoms with E-state index in [2.05, 4.69) is 4.98 Å². The Hall–Kier alpha value is -2.72. The number of alkyl halides is 3. The van der Waals surface area contributed by atoms with Gasteiger partial charge in [0.05, 0.1) is 10.6 Å². The zero-order valence-corrected chi connectivity index (χ0v) is 14.7. The quantitative estimate of drug-likeness (QED) is 0.758. The second kappa shape index (κ2) is 7.02. The maximum Gasteiger partial charge on any atom is 0.411 e. The fourth-order valence-electron chi connectivity index (χ4n) is 3.01. The molecule has 0 bridgehead atoms. The number of carbonyl (C=O) groups is 2. The van der Waals surface area contributed by atoms with Crippen LogP contribution in [-0.2, 0) is 19.9 Å². The number of carbonyl (C=O) groups excluding carboxylic acids is 2. The smallest absolute Gasteiger partial charge is 0.368 e. The molecule has 1 unspecified atom stereocenters. The minimum atomic E-state index is -4.78. The normalized spacial score (nSPS) is 19.0. The van der Waals surface area contributed by atoms with E-state index in [9.17, 15) is 27.2 Å². The van der Waals surface area contributed by atoms with Gasteiger partial charge in [-0.2, -0.15) is 13.2 Å². The summed E-state index contributed by atoms with van der Waals surface area (Å²) >= 11 is 6.18. The molecule has 6 nitrogen and oxygen atoms in total. The van der Waals surface area contributed by atoms with Crippen LogP contribution >= 0.6 is 11.6 Å². The fourth-order valence-corrected chi connectivity index (χ4v) is 3.29. The van der Waals surface area contributed by atoms with Gasteiger partial charge in [-0.1, -0.05) is 23.7 Å². The van der Waals surface area contributed by atoms with Gasteiger partial charge in [-0.3, -0.25) is 14.5 Å². The van der Waals surface area contributed by atoms with Crippen LogP contribution in [0, 0.1) is 5.82 Å². The number of primary amides is 1. The van der Waals surface area contributed by atoms with Crippen molar-refractivity contribution in [1.82, 2.24) is 4.98 Å². The number of fused-ring (bicyclic) bond motifs is 1. The van der Waals surface area contributed by atoms with Crippen molar-refractivity contribution in [3.63, 3.8) is 0 Å². The van der Waals surface area contributed by atoms with Crippen LogP contribution in [0.2, 0.25) is 5.02 Å². The molecule has 3 rings (SSSR count). The number of hydrogen-bond donors (Lipinski definition) is 1. The van der Waals surface area contributed by atoms with Crippen LogP contribution in [0.5, 0.6) is 0 Å². The molecule has 0 saturated heterocycles. The van der Waals surface area contributed by atoms with E-state index < -0.39 is 42.6 Å². The Morgan fingerprint density at radius 2 is 1.89 bits per heavy atom. The summed E-state index contributed by atoms with van der Waals surface area (Å²) in [5, 5.41) is -0.114. The lowest BCUT2D eigenvalue weighted by Gasteiger charge is -2.30. The van der Waals surface area contributed by atoms with Gasteiger partial charge in [-0.15, -0.1) is 0 Å². The number of ether oxygens (including phenoxy) is 1. The highest BCUT2D eigenvalue weighted by molar-refractivity contribution is 6.33. The Bertz CT molecular complexity index is 936. The molecule has 1 aromatic heterocycles. The molecule has 0 aliphatic carbocycles. The number of amides is 2. The number of rotatable bonds is 5. The zero-order chi connectivity index (χ0) is 20.7. The average molecular weight is 418 g/mol. The van der Waals surface area contributed by atoms with Crippen molar-refractivity contribution in [2.75, 3.05) is 18.1 Å². The molecule has 0 saturated carbocycles.